The first-order valence-electron chi connectivity index (χ1n) is 12.8. The van der Waals surface area contributed by atoms with Crippen LogP contribution in [-0.4, -0.2) is 24.1 Å². The average Bonchev–Trinajstić information content (AvgIpc) is 2.90. The zero-order valence-electron chi connectivity index (χ0n) is 21.9. The molecular weight excluding hydrogens is 500 g/mol. The van der Waals surface area contributed by atoms with Crippen molar-refractivity contribution in [3.63, 3.8) is 0 Å². The van der Waals surface area contributed by atoms with Gasteiger partial charge in [-0.05, 0) is 61.2 Å². The van der Waals surface area contributed by atoms with Crippen LogP contribution in [0.15, 0.2) is 60.8 Å². The number of nitrogens with zero attached hydrogens (tertiary/aromatic N) is 1. The highest BCUT2D eigenvalue weighted by molar-refractivity contribution is 6.30. The van der Waals surface area contributed by atoms with Gasteiger partial charge >= 0.3 is 0 Å². The fourth-order valence-electron chi connectivity index (χ4n) is 4.47. The van der Waals surface area contributed by atoms with E-state index in [1.54, 1.807) is 0 Å². The van der Waals surface area contributed by atoms with Crippen LogP contribution in [0, 0.1) is 0 Å². The summed E-state index contributed by atoms with van der Waals surface area (Å²) in [6.07, 6.45) is 2.31. The normalized spacial score (nSPS) is 10.9. The zero-order chi connectivity index (χ0) is 27.1. The van der Waals surface area contributed by atoms with Crippen molar-refractivity contribution in [1.29, 1.82) is 0 Å². The van der Waals surface area contributed by atoms with Gasteiger partial charge in [-0.3, -0.25) is 9.78 Å². The molecule has 1 amide bonds. The molecule has 3 aromatic carbocycles. The Bertz CT molecular complexity index is 1420. The Morgan fingerprint density at radius 2 is 1.68 bits per heavy atom. The number of pyridine rings is 1. The number of nitrogens with one attached hydrogen (secondary N) is 2. The maximum absolute atomic E-state index is 12.4. The highest BCUT2D eigenvalue weighted by Crippen LogP contribution is 2.38. The minimum absolute atomic E-state index is 0.303. The summed E-state index contributed by atoms with van der Waals surface area (Å²) < 4.78 is 11.6. The lowest BCUT2D eigenvalue weighted by Crippen LogP contribution is -2.16. The lowest BCUT2D eigenvalue weighted by atomic mass is 10.0. The molecule has 0 aliphatic carbocycles. The number of carbonyl (C=O) groups is 1. The molecule has 0 atom stereocenters. The minimum Gasteiger partial charge on any atom is -0.490 e. The SMILES string of the molecule is CCOc1cc2ncc(C(N)=O)c(Nc3cccc(CNCc4ccc(Cl)cc4)c3CC)c2cc1OCC. The molecule has 0 saturated carbocycles. The zero-order valence-corrected chi connectivity index (χ0v) is 22.7. The van der Waals surface area contributed by atoms with Crippen LogP contribution in [0.4, 0.5) is 11.4 Å². The number of fused-ring (bicyclic) bond motifs is 1. The molecule has 0 unspecified atom stereocenters. The van der Waals surface area contributed by atoms with Crippen molar-refractivity contribution in [2.75, 3.05) is 18.5 Å². The van der Waals surface area contributed by atoms with Crippen LogP contribution < -0.4 is 25.8 Å². The number of primary amides is 1. The summed E-state index contributed by atoms with van der Waals surface area (Å²) in [6, 6.07) is 17.6. The predicted molar refractivity (Wildman–Crippen MR) is 154 cm³/mol. The summed E-state index contributed by atoms with van der Waals surface area (Å²) in [7, 11) is 0. The second-order valence-corrected chi connectivity index (χ2v) is 9.18. The number of amides is 1. The fourth-order valence-corrected chi connectivity index (χ4v) is 4.60. The van der Waals surface area contributed by atoms with E-state index in [-0.39, 0.29) is 0 Å². The highest BCUT2D eigenvalue weighted by atomic mass is 35.5. The second-order valence-electron chi connectivity index (χ2n) is 8.75. The molecule has 0 aliphatic rings. The monoisotopic (exact) mass is 532 g/mol. The largest absolute Gasteiger partial charge is 0.490 e. The average molecular weight is 533 g/mol. The van der Waals surface area contributed by atoms with Gasteiger partial charge in [-0.15, -0.1) is 0 Å². The Labute approximate surface area is 228 Å². The number of nitrogens with two attached hydrogens (primary N) is 1. The maximum Gasteiger partial charge on any atom is 0.252 e. The van der Waals surface area contributed by atoms with Gasteiger partial charge in [0, 0.05) is 41.4 Å². The molecule has 0 saturated heterocycles. The first kappa shape index (κ1) is 27.2. The first-order chi connectivity index (χ1) is 18.4. The highest BCUT2D eigenvalue weighted by Gasteiger charge is 2.18. The summed E-state index contributed by atoms with van der Waals surface area (Å²) >= 11 is 6.00. The molecule has 1 heterocycles. The molecule has 198 valence electrons. The predicted octanol–water partition coefficient (Wildman–Crippen LogP) is 6.38. The Balaban J connectivity index is 1.70. The van der Waals surface area contributed by atoms with Crippen molar-refractivity contribution in [2.45, 2.75) is 40.3 Å². The maximum atomic E-state index is 12.4. The van der Waals surface area contributed by atoms with Gasteiger partial charge < -0.3 is 25.8 Å². The van der Waals surface area contributed by atoms with Crippen molar-refractivity contribution in [3.8, 4) is 11.5 Å². The summed E-state index contributed by atoms with van der Waals surface area (Å²) in [4.78, 5) is 16.9. The van der Waals surface area contributed by atoms with Gasteiger partial charge in [0.15, 0.2) is 11.5 Å². The standard InChI is InChI=1S/C30H33ClN4O3/c1-4-22-20(17-33-16-19-10-12-21(31)13-11-19)8-7-9-25(22)35-29-23-14-27(37-5-2)28(38-6-3)15-26(23)34-18-24(29)30(32)36/h7-15,18,33H,4-6,16-17H2,1-3H3,(H2,32,36)(H,34,35). The molecule has 0 radical (unpaired) electrons. The van der Waals surface area contributed by atoms with Crippen molar-refractivity contribution in [3.05, 3.63) is 88.1 Å². The Morgan fingerprint density at radius 3 is 2.34 bits per heavy atom. The summed E-state index contributed by atoms with van der Waals surface area (Å²) in [5.74, 6) is 0.631. The van der Waals surface area contributed by atoms with Crippen LogP contribution in [0.2, 0.25) is 5.02 Å². The van der Waals surface area contributed by atoms with Crippen LogP contribution in [-0.2, 0) is 19.5 Å². The Hall–Kier alpha value is -3.81. The number of ether oxygens (including phenoxy) is 2. The van der Waals surface area contributed by atoms with E-state index >= 15 is 0 Å². The lowest BCUT2D eigenvalue weighted by molar-refractivity contribution is 0.100. The topological polar surface area (TPSA) is 98.5 Å². The van der Waals surface area contributed by atoms with E-state index in [1.807, 2.05) is 62.4 Å². The van der Waals surface area contributed by atoms with Crippen LogP contribution in [0.25, 0.3) is 10.9 Å². The van der Waals surface area contributed by atoms with E-state index in [4.69, 9.17) is 26.8 Å². The number of anilines is 2. The molecular formula is C30H33ClN4O3. The molecule has 0 spiro atoms. The van der Waals surface area contributed by atoms with Crippen LogP contribution >= 0.6 is 11.6 Å². The van der Waals surface area contributed by atoms with Crippen LogP contribution in [0.3, 0.4) is 0 Å². The van der Waals surface area contributed by atoms with E-state index in [2.05, 4.69) is 28.6 Å². The molecule has 0 aliphatic heterocycles. The molecule has 0 fully saturated rings. The third-order valence-electron chi connectivity index (χ3n) is 6.24. The van der Waals surface area contributed by atoms with E-state index in [1.165, 1.54) is 11.8 Å². The number of benzene rings is 3. The Morgan fingerprint density at radius 1 is 0.974 bits per heavy atom. The van der Waals surface area contributed by atoms with E-state index in [0.29, 0.717) is 48.0 Å². The van der Waals surface area contributed by atoms with Gasteiger partial charge in [-0.25, -0.2) is 0 Å². The third kappa shape index (κ3) is 6.18. The number of hydrogen-bond donors (Lipinski definition) is 3. The molecule has 38 heavy (non-hydrogen) atoms. The van der Waals surface area contributed by atoms with Gasteiger partial charge in [-0.2, -0.15) is 0 Å². The summed E-state index contributed by atoms with van der Waals surface area (Å²) in [5.41, 5.74) is 11.7. The van der Waals surface area contributed by atoms with Gasteiger partial charge in [-0.1, -0.05) is 42.8 Å². The molecule has 4 aromatic rings. The first-order valence-corrected chi connectivity index (χ1v) is 13.2. The van der Waals surface area contributed by atoms with Crippen LogP contribution in [0.1, 0.15) is 47.8 Å². The van der Waals surface area contributed by atoms with Crippen LogP contribution in [0.5, 0.6) is 11.5 Å². The third-order valence-corrected chi connectivity index (χ3v) is 6.49. The van der Waals surface area contributed by atoms with Crippen molar-refractivity contribution >= 4 is 39.8 Å². The molecule has 4 N–H and O–H groups in total. The lowest BCUT2D eigenvalue weighted by Gasteiger charge is -2.19. The number of halogens is 1. The molecule has 7 nitrogen and oxygen atoms in total. The van der Waals surface area contributed by atoms with Gasteiger partial charge in [0.2, 0.25) is 0 Å². The number of rotatable bonds is 12. The number of carbonyl (C=O) groups excluding carboxylic acids is 1. The van der Waals surface area contributed by atoms with Crippen molar-refractivity contribution in [1.82, 2.24) is 10.3 Å². The molecule has 8 heteroatoms. The van der Waals surface area contributed by atoms with Gasteiger partial charge in [0.25, 0.3) is 5.91 Å². The second kappa shape index (κ2) is 12.6. The number of hydrogen-bond acceptors (Lipinski definition) is 6. The van der Waals surface area contributed by atoms with Crippen molar-refractivity contribution < 1.29 is 14.3 Å². The van der Waals surface area contributed by atoms with Crippen molar-refractivity contribution in [2.24, 2.45) is 5.73 Å². The Kier molecular flexibility index (Phi) is 9.05. The molecule has 1 aromatic heterocycles. The quantitative estimate of drug-likeness (QED) is 0.196. The summed E-state index contributed by atoms with van der Waals surface area (Å²) in [6.45, 7) is 8.33. The minimum atomic E-state index is -0.562. The van der Waals surface area contributed by atoms with E-state index < -0.39 is 5.91 Å². The fraction of sp³-hybridized carbons (Fsp3) is 0.267. The smallest absolute Gasteiger partial charge is 0.252 e. The van der Waals surface area contributed by atoms with Gasteiger partial charge in [0.1, 0.15) is 0 Å². The van der Waals surface area contributed by atoms with E-state index in [9.17, 15) is 4.79 Å². The summed E-state index contributed by atoms with van der Waals surface area (Å²) in [5, 5.41) is 8.48. The number of aromatic nitrogens is 1. The molecule has 0 bridgehead atoms. The van der Waals surface area contributed by atoms with E-state index in [0.717, 1.165) is 40.2 Å². The molecule has 4 rings (SSSR count). The van der Waals surface area contributed by atoms with Gasteiger partial charge in [0.05, 0.1) is 30.0 Å².